The number of carbonyl (C=O) groups excluding carboxylic acids is 2. The molecule has 0 heterocycles. The Balaban J connectivity index is 3.00. The summed E-state index contributed by atoms with van der Waals surface area (Å²) in [5, 5.41) is 8.24. The van der Waals surface area contributed by atoms with Crippen molar-refractivity contribution in [3.63, 3.8) is 0 Å². The molecule has 0 bridgehead atoms. The molecule has 0 unspecified atom stereocenters. The van der Waals surface area contributed by atoms with Gasteiger partial charge in [-0.05, 0) is 6.42 Å². The summed E-state index contributed by atoms with van der Waals surface area (Å²) in [5.74, 6) is -1.65. The summed E-state index contributed by atoms with van der Waals surface area (Å²) in [6, 6.07) is 0. The molecule has 1 atom stereocenters. The van der Waals surface area contributed by atoms with Gasteiger partial charge in [-0.25, -0.2) is 0 Å². The minimum absolute atomic E-state index is 0.0194. The summed E-state index contributed by atoms with van der Waals surface area (Å²) in [4.78, 5) is 21.7. The van der Waals surface area contributed by atoms with Crippen LogP contribution in [0.15, 0.2) is 23.4 Å². The van der Waals surface area contributed by atoms with Crippen molar-refractivity contribution < 1.29 is 19.4 Å². The molecule has 16 heavy (non-hydrogen) atoms. The molecule has 0 aromatic heterocycles. The third kappa shape index (κ3) is 2.00. The zero-order valence-corrected chi connectivity index (χ0v) is 9.85. The topological polar surface area (TPSA) is 63.6 Å². The lowest BCUT2D eigenvalue weighted by molar-refractivity contribution is -0.126. The molecule has 0 saturated carbocycles. The SMILES string of the molecule is C=CC[C@@]1(Cl)C(=O)C(Cl)=C(OCCO)C1=O. The third-order valence-corrected chi connectivity index (χ3v) is 2.93. The van der Waals surface area contributed by atoms with Crippen molar-refractivity contribution in [2.24, 2.45) is 0 Å². The molecule has 0 radical (unpaired) electrons. The van der Waals surface area contributed by atoms with E-state index in [4.69, 9.17) is 33.0 Å². The fourth-order valence-electron chi connectivity index (χ4n) is 1.32. The van der Waals surface area contributed by atoms with Crippen molar-refractivity contribution >= 4 is 34.8 Å². The zero-order chi connectivity index (χ0) is 12.3. The average molecular weight is 265 g/mol. The molecule has 1 aliphatic rings. The Hall–Kier alpha value is -0.840. The first kappa shape index (κ1) is 13.2. The number of Topliss-reactive ketones (excluding diaryl/α,β-unsaturated/α-hetero) is 2. The number of ketones is 2. The van der Waals surface area contributed by atoms with Crippen molar-refractivity contribution in [3.05, 3.63) is 23.4 Å². The highest BCUT2D eigenvalue weighted by Gasteiger charge is 2.53. The van der Waals surface area contributed by atoms with E-state index in [1.54, 1.807) is 0 Å². The Morgan fingerprint density at radius 2 is 2.06 bits per heavy atom. The lowest BCUT2D eigenvalue weighted by atomic mass is 9.99. The number of allylic oxidation sites excluding steroid dienone is 3. The first-order valence-corrected chi connectivity index (χ1v) is 5.27. The van der Waals surface area contributed by atoms with Gasteiger partial charge in [-0.15, -0.1) is 18.2 Å². The molecule has 0 fully saturated rings. The number of rotatable bonds is 5. The summed E-state index contributed by atoms with van der Waals surface area (Å²) in [5.41, 5.74) is 0. The summed E-state index contributed by atoms with van der Waals surface area (Å²) in [7, 11) is 0. The van der Waals surface area contributed by atoms with Gasteiger partial charge in [0.15, 0.2) is 10.6 Å². The Morgan fingerprint density at radius 3 is 2.56 bits per heavy atom. The third-order valence-electron chi connectivity index (χ3n) is 2.09. The van der Waals surface area contributed by atoms with Crippen LogP contribution < -0.4 is 0 Å². The van der Waals surface area contributed by atoms with Crippen LogP contribution in [-0.2, 0) is 14.3 Å². The molecule has 4 nitrogen and oxygen atoms in total. The smallest absolute Gasteiger partial charge is 0.228 e. The van der Waals surface area contributed by atoms with Crippen LogP contribution in [0.1, 0.15) is 6.42 Å². The van der Waals surface area contributed by atoms with E-state index >= 15 is 0 Å². The van der Waals surface area contributed by atoms with Crippen LogP contribution in [0, 0.1) is 0 Å². The van der Waals surface area contributed by atoms with Crippen LogP contribution in [0.3, 0.4) is 0 Å². The summed E-state index contributed by atoms with van der Waals surface area (Å²) in [6.45, 7) is 3.01. The van der Waals surface area contributed by atoms with E-state index in [-0.39, 0.29) is 30.4 Å². The number of aliphatic hydroxyl groups excluding tert-OH is 1. The quantitative estimate of drug-likeness (QED) is 0.460. The van der Waals surface area contributed by atoms with Crippen LogP contribution in [0.5, 0.6) is 0 Å². The highest BCUT2D eigenvalue weighted by molar-refractivity contribution is 6.62. The molecule has 0 aliphatic heterocycles. The fourth-order valence-corrected chi connectivity index (χ4v) is 1.96. The van der Waals surface area contributed by atoms with Gasteiger partial charge >= 0.3 is 0 Å². The number of carbonyl (C=O) groups is 2. The molecule has 0 aromatic rings. The van der Waals surface area contributed by atoms with Crippen molar-refractivity contribution in [1.82, 2.24) is 0 Å². The van der Waals surface area contributed by atoms with E-state index in [1.807, 2.05) is 0 Å². The maximum absolute atomic E-state index is 11.8. The average Bonchev–Trinajstić information content (AvgIpc) is 2.41. The predicted octanol–water partition coefficient (Wildman–Crippen LogP) is 1.15. The van der Waals surface area contributed by atoms with Gasteiger partial charge in [0.2, 0.25) is 11.6 Å². The molecule has 0 aromatic carbocycles. The maximum Gasteiger partial charge on any atom is 0.228 e. The molecule has 6 heteroatoms. The van der Waals surface area contributed by atoms with Gasteiger partial charge in [0, 0.05) is 0 Å². The molecule has 1 aliphatic carbocycles. The van der Waals surface area contributed by atoms with Gasteiger partial charge in [0.05, 0.1) is 6.61 Å². The van der Waals surface area contributed by atoms with Crippen molar-refractivity contribution in [2.45, 2.75) is 11.3 Å². The van der Waals surface area contributed by atoms with Crippen LogP contribution in [0.25, 0.3) is 0 Å². The Kier molecular flexibility index (Phi) is 4.13. The summed E-state index contributed by atoms with van der Waals surface area (Å²) >= 11 is 11.6. The van der Waals surface area contributed by atoms with Crippen molar-refractivity contribution in [1.29, 1.82) is 0 Å². The molecule has 1 N–H and O–H groups in total. The standard InChI is InChI=1S/C10H10Cl2O4/c1-2-3-10(12)8(14)6(11)7(9(10)15)16-5-4-13/h2,13H,1,3-5H2/t10-/m1/s1. The van der Waals surface area contributed by atoms with Crippen molar-refractivity contribution in [2.75, 3.05) is 13.2 Å². The number of halogens is 2. The van der Waals surface area contributed by atoms with E-state index in [1.165, 1.54) is 6.08 Å². The summed E-state index contributed by atoms with van der Waals surface area (Å²) < 4.78 is 4.90. The van der Waals surface area contributed by atoms with Crippen LogP contribution in [-0.4, -0.2) is 34.8 Å². The van der Waals surface area contributed by atoms with Crippen molar-refractivity contribution in [3.8, 4) is 0 Å². The van der Waals surface area contributed by atoms with E-state index in [0.29, 0.717) is 0 Å². The molecule has 0 spiro atoms. The van der Waals surface area contributed by atoms with E-state index in [9.17, 15) is 9.59 Å². The number of aliphatic hydroxyl groups is 1. The van der Waals surface area contributed by atoms with E-state index in [2.05, 4.69) is 6.58 Å². The molecular weight excluding hydrogens is 255 g/mol. The molecular formula is C10H10Cl2O4. The minimum Gasteiger partial charge on any atom is -0.486 e. The van der Waals surface area contributed by atoms with Crippen LogP contribution in [0.2, 0.25) is 0 Å². The van der Waals surface area contributed by atoms with Gasteiger partial charge in [-0.3, -0.25) is 9.59 Å². The van der Waals surface area contributed by atoms with Gasteiger partial charge < -0.3 is 9.84 Å². The van der Waals surface area contributed by atoms with Crippen LogP contribution >= 0.6 is 23.2 Å². The number of alkyl halides is 1. The fraction of sp³-hybridized carbons (Fsp3) is 0.400. The van der Waals surface area contributed by atoms with E-state index in [0.717, 1.165) is 0 Å². The lowest BCUT2D eigenvalue weighted by Crippen LogP contribution is -2.36. The molecule has 1 rings (SSSR count). The minimum atomic E-state index is -1.73. The predicted molar refractivity (Wildman–Crippen MR) is 59.3 cm³/mol. The summed E-state index contributed by atoms with van der Waals surface area (Å²) in [6.07, 6.45) is 1.34. The van der Waals surface area contributed by atoms with Gasteiger partial charge in [-0.2, -0.15) is 0 Å². The highest BCUT2D eigenvalue weighted by Crippen LogP contribution is 2.38. The Bertz CT molecular complexity index is 375. The number of hydrogen-bond acceptors (Lipinski definition) is 4. The van der Waals surface area contributed by atoms with E-state index < -0.39 is 16.4 Å². The Morgan fingerprint density at radius 1 is 1.44 bits per heavy atom. The second-order valence-corrected chi connectivity index (χ2v) is 4.19. The first-order chi connectivity index (χ1) is 7.49. The Labute approximate surface area is 102 Å². The number of hydrogen-bond donors (Lipinski definition) is 1. The van der Waals surface area contributed by atoms with Gasteiger partial charge in [0.1, 0.15) is 11.6 Å². The highest BCUT2D eigenvalue weighted by atomic mass is 35.5. The maximum atomic E-state index is 11.8. The normalized spacial score (nSPS) is 25.2. The van der Waals surface area contributed by atoms with Gasteiger partial charge in [0.25, 0.3) is 0 Å². The molecule has 0 saturated heterocycles. The zero-order valence-electron chi connectivity index (χ0n) is 8.33. The van der Waals surface area contributed by atoms with Gasteiger partial charge in [-0.1, -0.05) is 17.7 Å². The van der Waals surface area contributed by atoms with Crippen LogP contribution in [0.4, 0.5) is 0 Å². The largest absolute Gasteiger partial charge is 0.486 e. The molecule has 88 valence electrons. The monoisotopic (exact) mass is 264 g/mol. The first-order valence-electron chi connectivity index (χ1n) is 4.52. The second kappa shape index (κ2) is 4.99. The second-order valence-electron chi connectivity index (χ2n) is 3.17. The number of ether oxygens (including phenoxy) is 1. The molecule has 0 amide bonds. The lowest BCUT2D eigenvalue weighted by Gasteiger charge is -2.15.